The fourth-order valence-corrected chi connectivity index (χ4v) is 1.73. The van der Waals surface area contributed by atoms with Crippen molar-refractivity contribution < 1.29 is 9.90 Å². The molecule has 0 saturated heterocycles. The Morgan fingerprint density at radius 3 is 2.79 bits per heavy atom. The standard InChI is InChI=1S/C15H20N2O2/c1-4-12-6-5-7-13(10-12)16-15(19)17-14(8-9-18)11(2)3/h1,5-7,10-11,14,18H,8-9H2,2-3H3,(H2,16,17,19). The molecule has 1 rings (SSSR count). The Morgan fingerprint density at radius 2 is 2.21 bits per heavy atom. The molecule has 0 aliphatic heterocycles. The number of benzene rings is 1. The van der Waals surface area contributed by atoms with Crippen LogP contribution in [0.1, 0.15) is 25.8 Å². The van der Waals surface area contributed by atoms with Gasteiger partial charge in [0.25, 0.3) is 0 Å². The van der Waals surface area contributed by atoms with Gasteiger partial charge < -0.3 is 15.7 Å². The summed E-state index contributed by atoms with van der Waals surface area (Å²) in [6.45, 7) is 4.05. The van der Waals surface area contributed by atoms with Crippen molar-refractivity contribution in [3.8, 4) is 12.3 Å². The van der Waals surface area contributed by atoms with Gasteiger partial charge in [0.1, 0.15) is 0 Å². The van der Waals surface area contributed by atoms with Crippen LogP contribution in [-0.2, 0) is 0 Å². The molecule has 4 nitrogen and oxygen atoms in total. The van der Waals surface area contributed by atoms with E-state index in [0.717, 1.165) is 0 Å². The van der Waals surface area contributed by atoms with E-state index in [4.69, 9.17) is 11.5 Å². The molecule has 0 spiro atoms. The molecule has 0 bridgehead atoms. The quantitative estimate of drug-likeness (QED) is 0.711. The second-order valence-corrected chi connectivity index (χ2v) is 4.69. The van der Waals surface area contributed by atoms with Crippen LogP contribution in [0.2, 0.25) is 0 Å². The molecule has 0 aliphatic rings. The number of rotatable bonds is 5. The van der Waals surface area contributed by atoms with Gasteiger partial charge in [0.05, 0.1) is 0 Å². The van der Waals surface area contributed by atoms with E-state index >= 15 is 0 Å². The highest BCUT2D eigenvalue weighted by Crippen LogP contribution is 2.10. The third-order valence-corrected chi connectivity index (χ3v) is 2.85. The average Bonchev–Trinajstić information content (AvgIpc) is 2.38. The van der Waals surface area contributed by atoms with Gasteiger partial charge in [0.2, 0.25) is 0 Å². The summed E-state index contributed by atoms with van der Waals surface area (Å²) < 4.78 is 0. The molecular formula is C15H20N2O2. The highest BCUT2D eigenvalue weighted by Gasteiger charge is 2.15. The summed E-state index contributed by atoms with van der Waals surface area (Å²) in [4.78, 5) is 11.8. The van der Waals surface area contributed by atoms with Crippen LogP contribution >= 0.6 is 0 Å². The number of anilines is 1. The second-order valence-electron chi connectivity index (χ2n) is 4.69. The first-order chi connectivity index (χ1) is 9.06. The van der Waals surface area contributed by atoms with Crippen molar-refractivity contribution in [2.75, 3.05) is 11.9 Å². The van der Waals surface area contributed by atoms with E-state index in [1.807, 2.05) is 13.8 Å². The van der Waals surface area contributed by atoms with Crippen molar-refractivity contribution in [1.29, 1.82) is 0 Å². The maximum atomic E-state index is 11.8. The molecular weight excluding hydrogens is 240 g/mol. The van der Waals surface area contributed by atoms with Crippen LogP contribution in [0.5, 0.6) is 0 Å². The van der Waals surface area contributed by atoms with Gasteiger partial charge in [0.15, 0.2) is 0 Å². The Balaban J connectivity index is 2.61. The summed E-state index contributed by atoms with van der Waals surface area (Å²) >= 11 is 0. The minimum Gasteiger partial charge on any atom is -0.396 e. The van der Waals surface area contributed by atoms with E-state index in [0.29, 0.717) is 17.7 Å². The molecule has 2 amide bonds. The minimum absolute atomic E-state index is 0.0513. The SMILES string of the molecule is C#Cc1cccc(NC(=O)NC(CCO)C(C)C)c1. The van der Waals surface area contributed by atoms with Crippen LogP contribution in [0.4, 0.5) is 10.5 Å². The first kappa shape index (κ1) is 15.1. The Labute approximate surface area is 114 Å². The molecule has 0 radical (unpaired) electrons. The summed E-state index contributed by atoms with van der Waals surface area (Å²) in [5.41, 5.74) is 1.37. The molecule has 0 fully saturated rings. The Bertz CT molecular complexity index is 463. The molecule has 3 N–H and O–H groups in total. The van der Waals surface area contributed by atoms with E-state index in [1.54, 1.807) is 24.3 Å². The van der Waals surface area contributed by atoms with Gasteiger partial charge >= 0.3 is 6.03 Å². The van der Waals surface area contributed by atoms with Crippen LogP contribution in [0.25, 0.3) is 0 Å². The number of aliphatic hydroxyl groups excluding tert-OH is 1. The Kier molecular flexibility index (Phi) is 5.91. The van der Waals surface area contributed by atoms with E-state index in [1.165, 1.54) is 0 Å². The van der Waals surface area contributed by atoms with Crippen molar-refractivity contribution in [3.05, 3.63) is 29.8 Å². The van der Waals surface area contributed by atoms with Crippen LogP contribution in [-0.4, -0.2) is 23.8 Å². The van der Waals surface area contributed by atoms with Gasteiger partial charge in [-0.25, -0.2) is 4.79 Å². The molecule has 102 valence electrons. The first-order valence-electron chi connectivity index (χ1n) is 6.32. The lowest BCUT2D eigenvalue weighted by molar-refractivity contribution is 0.227. The maximum absolute atomic E-state index is 11.8. The maximum Gasteiger partial charge on any atom is 0.319 e. The molecule has 0 heterocycles. The van der Waals surface area contributed by atoms with Gasteiger partial charge in [-0.3, -0.25) is 0 Å². The largest absolute Gasteiger partial charge is 0.396 e. The monoisotopic (exact) mass is 260 g/mol. The molecule has 0 aliphatic carbocycles. The lowest BCUT2D eigenvalue weighted by Crippen LogP contribution is -2.41. The summed E-state index contributed by atoms with van der Waals surface area (Å²) in [7, 11) is 0. The fourth-order valence-electron chi connectivity index (χ4n) is 1.73. The van der Waals surface area contributed by atoms with Crippen LogP contribution in [0.3, 0.4) is 0 Å². The number of nitrogens with one attached hydrogen (secondary N) is 2. The third-order valence-electron chi connectivity index (χ3n) is 2.85. The number of hydrogen-bond acceptors (Lipinski definition) is 2. The summed E-state index contributed by atoms with van der Waals surface area (Å²) in [5.74, 6) is 2.77. The van der Waals surface area contributed by atoms with Crippen LogP contribution in [0, 0.1) is 18.3 Å². The second kappa shape index (κ2) is 7.45. The number of amides is 2. The number of carbonyl (C=O) groups excluding carboxylic acids is 1. The van der Waals surface area contributed by atoms with Crippen molar-refractivity contribution in [2.24, 2.45) is 5.92 Å². The molecule has 1 atom stereocenters. The van der Waals surface area contributed by atoms with Crippen molar-refractivity contribution in [2.45, 2.75) is 26.3 Å². The number of aliphatic hydroxyl groups is 1. The van der Waals surface area contributed by atoms with Crippen molar-refractivity contribution in [1.82, 2.24) is 5.32 Å². The Morgan fingerprint density at radius 1 is 1.47 bits per heavy atom. The van der Waals surface area contributed by atoms with Crippen LogP contribution in [0.15, 0.2) is 24.3 Å². The van der Waals surface area contributed by atoms with Gasteiger partial charge in [-0.05, 0) is 30.5 Å². The van der Waals surface area contributed by atoms with E-state index in [2.05, 4.69) is 16.6 Å². The molecule has 1 unspecified atom stereocenters. The lowest BCUT2D eigenvalue weighted by atomic mass is 10.0. The average molecular weight is 260 g/mol. The molecule has 0 saturated carbocycles. The number of terminal acetylenes is 1. The molecule has 0 aromatic heterocycles. The normalized spacial score (nSPS) is 11.7. The third kappa shape index (κ3) is 5.02. The first-order valence-corrected chi connectivity index (χ1v) is 6.32. The molecule has 19 heavy (non-hydrogen) atoms. The van der Waals surface area contributed by atoms with Gasteiger partial charge in [-0.2, -0.15) is 0 Å². The highest BCUT2D eigenvalue weighted by atomic mass is 16.3. The van der Waals surface area contributed by atoms with E-state index in [-0.39, 0.29) is 24.6 Å². The van der Waals surface area contributed by atoms with Crippen LogP contribution < -0.4 is 10.6 Å². The van der Waals surface area contributed by atoms with Gasteiger partial charge in [-0.15, -0.1) is 6.42 Å². The van der Waals surface area contributed by atoms with Crippen molar-refractivity contribution in [3.63, 3.8) is 0 Å². The zero-order valence-corrected chi connectivity index (χ0v) is 11.3. The number of carbonyl (C=O) groups is 1. The molecule has 1 aromatic rings. The van der Waals surface area contributed by atoms with Gasteiger partial charge in [0, 0.05) is 23.9 Å². The topological polar surface area (TPSA) is 61.4 Å². The predicted octanol–water partition coefficient (Wildman–Crippen LogP) is 2.20. The van der Waals surface area contributed by atoms with Gasteiger partial charge in [-0.1, -0.05) is 25.8 Å². The molecule has 4 heteroatoms. The Hall–Kier alpha value is -1.99. The summed E-state index contributed by atoms with van der Waals surface area (Å²) in [5, 5.41) is 14.5. The fraction of sp³-hybridized carbons (Fsp3) is 0.400. The summed E-state index contributed by atoms with van der Waals surface area (Å²) in [6.07, 6.45) is 5.84. The highest BCUT2D eigenvalue weighted by molar-refractivity contribution is 5.89. The zero-order chi connectivity index (χ0) is 14.3. The number of hydrogen-bond donors (Lipinski definition) is 3. The predicted molar refractivity (Wildman–Crippen MR) is 76.9 cm³/mol. The minimum atomic E-state index is -0.290. The summed E-state index contributed by atoms with van der Waals surface area (Å²) in [6, 6.07) is 6.75. The van der Waals surface area contributed by atoms with E-state index < -0.39 is 0 Å². The number of urea groups is 1. The molecule has 1 aromatic carbocycles. The lowest BCUT2D eigenvalue weighted by Gasteiger charge is -2.21. The zero-order valence-electron chi connectivity index (χ0n) is 11.3. The van der Waals surface area contributed by atoms with Crippen molar-refractivity contribution >= 4 is 11.7 Å². The smallest absolute Gasteiger partial charge is 0.319 e. The van der Waals surface area contributed by atoms with E-state index in [9.17, 15) is 4.79 Å².